The highest BCUT2D eigenvalue weighted by molar-refractivity contribution is 6.03. The number of hydrogen-bond donors (Lipinski definition) is 1. The van der Waals surface area contributed by atoms with Gasteiger partial charge in [0.15, 0.2) is 11.6 Å². The maximum atomic E-state index is 14.4. The number of allylic oxidation sites excluding steroid dienone is 3. The van der Waals surface area contributed by atoms with E-state index in [1.165, 1.54) is 6.92 Å². The third-order valence-corrected chi connectivity index (χ3v) is 12.4. The SMILES string of the molecule is CC(=O)OC[C@]12CCC(C)(C)C[C@H]1[C@@]1(O)C(=O)C=C3[C@@]4(C)C=C(C#N)C(=O)[C@@H](C)[C@@H]4CC[C@@]3(C)[C@]1(C)CC2. The second-order valence-corrected chi connectivity index (χ2v) is 14.7. The molecule has 6 nitrogen and oxygen atoms in total. The van der Waals surface area contributed by atoms with Gasteiger partial charge in [0.25, 0.3) is 0 Å². The van der Waals surface area contributed by atoms with E-state index in [1.807, 2.05) is 13.0 Å². The van der Waals surface area contributed by atoms with Crippen molar-refractivity contribution in [3.8, 4) is 6.07 Å². The third kappa shape index (κ3) is 3.23. The molecule has 0 amide bonds. The number of Topliss-reactive ketones (excluding diaryl/α,β-unsaturated/α-hetero) is 1. The summed E-state index contributed by atoms with van der Waals surface area (Å²) in [7, 11) is 0. The van der Waals surface area contributed by atoms with Gasteiger partial charge in [0.05, 0.1) is 12.2 Å². The van der Waals surface area contributed by atoms with E-state index < -0.39 is 27.3 Å². The van der Waals surface area contributed by atoms with Crippen molar-refractivity contribution in [2.75, 3.05) is 6.61 Å². The minimum absolute atomic E-state index is 0.00859. The maximum absolute atomic E-state index is 14.4. The number of ether oxygens (including phenoxy) is 1. The van der Waals surface area contributed by atoms with Crippen LogP contribution in [0.2, 0.25) is 0 Å². The average Bonchev–Trinajstić information content (AvgIpc) is 2.84. The van der Waals surface area contributed by atoms with Gasteiger partial charge in [-0.15, -0.1) is 0 Å². The number of aliphatic hydroxyl groups is 1. The Morgan fingerprint density at radius 2 is 1.76 bits per heavy atom. The highest BCUT2D eigenvalue weighted by Crippen LogP contribution is 2.74. The molecular weight excluding hydrogens is 478 g/mol. The minimum Gasteiger partial charge on any atom is -0.465 e. The Balaban J connectivity index is 1.70. The van der Waals surface area contributed by atoms with Crippen LogP contribution < -0.4 is 0 Å². The van der Waals surface area contributed by atoms with Gasteiger partial charge in [0, 0.05) is 35.0 Å². The molecule has 0 bridgehead atoms. The van der Waals surface area contributed by atoms with Gasteiger partial charge in [-0.3, -0.25) is 14.4 Å². The summed E-state index contributed by atoms with van der Waals surface area (Å²) in [6.07, 6.45) is 8.97. The highest BCUT2D eigenvalue weighted by Gasteiger charge is 2.75. The zero-order chi connectivity index (χ0) is 28.1. The van der Waals surface area contributed by atoms with Crippen LogP contribution in [0.25, 0.3) is 0 Å². The molecule has 3 saturated carbocycles. The lowest BCUT2D eigenvalue weighted by atomic mass is 9.33. The lowest BCUT2D eigenvalue weighted by molar-refractivity contribution is -0.251. The van der Waals surface area contributed by atoms with E-state index in [9.17, 15) is 24.8 Å². The van der Waals surface area contributed by atoms with Gasteiger partial charge in [-0.1, -0.05) is 47.6 Å². The molecule has 8 atom stereocenters. The van der Waals surface area contributed by atoms with Crippen molar-refractivity contribution >= 4 is 17.5 Å². The predicted molar refractivity (Wildman–Crippen MR) is 142 cm³/mol. The summed E-state index contributed by atoms with van der Waals surface area (Å²) in [4.78, 5) is 39.2. The Hall–Kier alpha value is -2.26. The molecule has 0 aromatic carbocycles. The van der Waals surface area contributed by atoms with Crippen LogP contribution in [0.5, 0.6) is 0 Å². The first-order chi connectivity index (χ1) is 17.5. The molecule has 0 spiro atoms. The quantitative estimate of drug-likeness (QED) is 0.482. The molecule has 0 unspecified atom stereocenters. The fraction of sp³-hybridized carbons (Fsp3) is 0.750. The summed E-state index contributed by atoms with van der Waals surface area (Å²) in [5, 5.41) is 22.7. The molecule has 5 rings (SSSR count). The van der Waals surface area contributed by atoms with Crippen LogP contribution in [0, 0.1) is 56.2 Å². The molecule has 0 heterocycles. The molecular formula is C32H43NO5. The summed E-state index contributed by atoms with van der Waals surface area (Å²) in [5.41, 5.74) is -2.77. The summed E-state index contributed by atoms with van der Waals surface area (Å²) < 4.78 is 5.62. The van der Waals surface area contributed by atoms with Crippen LogP contribution in [-0.4, -0.2) is 34.9 Å². The number of carbonyl (C=O) groups is 3. The fourth-order valence-electron chi connectivity index (χ4n) is 9.87. The van der Waals surface area contributed by atoms with Gasteiger partial charge >= 0.3 is 5.97 Å². The Bertz CT molecular complexity index is 1220. The molecule has 0 aromatic heterocycles. The fourth-order valence-corrected chi connectivity index (χ4v) is 9.87. The molecule has 0 saturated heterocycles. The summed E-state index contributed by atoms with van der Waals surface area (Å²) in [6.45, 7) is 14.4. The van der Waals surface area contributed by atoms with Gasteiger partial charge in [0.2, 0.25) is 0 Å². The standard InChI is InChI=1S/C32H43NO5/c1-19-22-8-9-29(6)23(28(22,5)15-21(17-33)26(19)36)14-25(35)32(37)24-16-27(3,4)10-12-31(24,18-38-20(2)34)13-11-30(29,32)7/h14-15,19,22,24,37H,8-13,16,18H2,1-7H3/t19-,22-,24+,28-,29+,30-,31+,32+/m0/s1. The normalized spacial score (nSPS) is 47.3. The van der Waals surface area contributed by atoms with Gasteiger partial charge in [-0.05, 0) is 73.3 Å². The maximum Gasteiger partial charge on any atom is 0.302 e. The minimum atomic E-state index is -1.59. The zero-order valence-corrected chi connectivity index (χ0v) is 24.1. The van der Waals surface area contributed by atoms with E-state index in [4.69, 9.17) is 4.74 Å². The lowest BCUT2D eigenvalue weighted by Gasteiger charge is -2.71. The first-order valence-corrected chi connectivity index (χ1v) is 14.3. The van der Waals surface area contributed by atoms with E-state index in [2.05, 4.69) is 40.7 Å². The van der Waals surface area contributed by atoms with Crippen LogP contribution >= 0.6 is 0 Å². The van der Waals surface area contributed by atoms with Crippen molar-refractivity contribution in [2.45, 2.75) is 99.0 Å². The number of fused-ring (bicyclic) bond motifs is 7. The second-order valence-electron chi connectivity index (χ2n) is 14.7. The molecule has 6 heteroatoms. The van der Waals surface area contributed by atoms with Crippen molar-refractivity contribution in [3.05, 3.63) is 23.3 Å². The lowest BCUT2D eigenvalue weighted by Crippen LogP contribution is -2.74. The van der Waals surface area contributed by atoms with Crippen LogP contribution in [0.3, 0.4) is 0 Å². The molecule has 206 valence electrons. The van der Waals surface area contributed by atoms with Crippen LogP contribution in [0.1, 0.15) is 93.4 Å². The van der Waals surface area contributed by atoms with E-state index in [0.717, 1.165) is 37.7 Å². The zero-order valence-electron chi connectivity index (χ0n) is 24.1. The molecule has 3 fully saturated rings. The van der Waals surface area contributed by atoms with E-state index in [1.54, 1.807) is 6.08 Å². The monoisotopic (exact) mass is 521 g/mol. The van der Waals surface area contributed by atoms with Crippen molar-refractivity contribution < 1.29 is 24.2 Å². The number of carbonyl (C=O) groups excluding carboxylic acids is 3. The molecule has 0 aliphatic heterocycles. The first kappa shape index (κ1) is 27.3. The van der Waals surface area contributed by atoms with Gasteiger partial charge in [-0.25, -0.2) is 0 Å². The van der Waals surface area contributed by atoms with Crippen LogP contribution in [0.4, 0.5) is 0 Å². The van der Waals surface area contributed by atoms with Crippen molar-refractivity contribution in [2.24, 2.45) is 44.8 Å². The Labute approximate surface area is 226 Å². The number of ketones is 2. The number of nitrogens with zero attached hydrogens (tertiary/aromatic N) is 1. The van der Waals surface area contributed by atoms with Crippen molar-refractivity contribution in [3.63, 3.8) is 0 Å². The molecule has 5 aliphatic rings. The first-order valence-electron chi connectivity index (χ1n) is 14.3. The smallest absolute Gasteiger partial charge is 0.302 e. The second kappa shape index (κ2) is 8.13. The molecule has 1 N–H and O–H groups in total. The molecule has 5 aliphatic carbocycles. The topological polar surface area (TPSA) is 104 Å². The number of rotatable bonds is 2. The van der Waals surface area contributed by atoms with E-state index in [0.29, 0.717) is 12.8 Å². The highest BCUT2D eigenvalue weighted by atomic mass is 16.5. The number of esters is 1. The average molecular weight is 522 g/mol. The number of hydrogen-bond acceptors (Lipinski definition) is 6. The number of nitriles is 1. The van der Waals surface area contributed by atoms with Crippen LogP contribution in [0.15, 0.2) is 23.3 Å². The predicted octanol–water partition coefficient (Wildman–Crippen LogP) is 5.49. The Morgan fingerprint density at radius 3 is 2.39 bits per heavy atom. The van der Waals surface area contributed by atoms with E-state index in [-0.39, 0.29) is 52.9 Å². The molecule has 0 aromatic rings. The Kier molecular flexibility index (Phi) is 5.84. The third-order valence-electron chi connectivity index (χ3n) is 12.4. The summed E-state index contributed by atoms with van der Waals surface area (Å²) >= 11 is 0. The summed E-state index contributed by atoms with van der Waals surface area (Å²) in [6, 6.07) is 2.12. The Morgan fingerprint density at radius 1 is 1.11 bits per heavy atom. The van der Waals surface area contributed by atoms with Crippen molar-refractivity contribution in [1.29, 1.82) is 5.26 Å². The van der Waals surface area contributed by atoms with Crippen LogP contribution in [-0.2, 0) is 19.1 Å². The molecule has 0 radical (unpaired) electrons. The van der Waals surface area contributed by atoms with Gasteiger partial charge in [-0.2, -0.15) is 5.26 Å². The van der Waals surface area contributed by atoms with Gasteiger partial charge < -0.3 is 9.84 Å². The van der Waals surface area contributed by atoms with Gasteiger partial charge in [0.1, 0.15) is 11.7 Å². The van der Waals surface area contributed by atoms with E-state index >= 15 is 0 Å². The van der Waals surface area contributed by atoms with Crippen molar-refractivity contribution in [1.82, 2.24) is 0 Å². The molecule has 38 heavy (non-hydrogen) atoms. The largest absolute Gasteiger partial charge is 0.465 e. The summed E-state index contributed by atoms with van der Waals surface area (Å²) in [5.74, 6) is -1.33.